The first kappa shape index (κ1) is 22.4. The zero-order valence-corrected chi connectivity index (χ0v) is 20.0. The van der Waals surface area contributed by atoms with Crippen LogP contribution in [0.5, 0.6) is 0 Å². The van der Waals surface area contributed by atoms with E-state index in [0.29, 0.717) is 22.5 Å². The molecule has 1 heterocycles. The van der Waals surface area contributed by atoms with Gasteiger partial charge in [0.2, 0.25) is 0 Å². The molecule has 1 aliphatic heterocycles. The van der Waals surface area contributed by atoms with Crippen LogP contribution in [-0.4, -0.2) is 47.9 Å². The number of allylic oxidation sites excluding steroid dienone is 2. The molecule has 1 unspecified atom stereocenters. The topological polar surface area (TPSA) is 147 Å². The predicted octanol–water partition coefficient (Wildman–Crippen LogP) is 3.52. The number of anilines is 1. The van der Waals surface area contributed by atoms with E-state index in [1.807, 2.05) is 0 Å². The smallest absolute Gasteiger partial charge is 0.295 e. The fourth-order valence-electron chi connectivity index (χ4n) is 5.49. The number of ketones is 4. The number of hydrogen-bond donors (Lipinski definition) is 2. The van der Waals surface area contributed by atoms with E-state index >= 15 is 0 Å². The summed E-state index contributed by atoms with van der Waals surface area (Å²) in [5.41, 5.74) is 1.44. The number of Topliss-reactive ketones (excluding diaryl/α,β-unsaturated/α-hetero) is 2. The van der Waals surface area contributed by atoms with E-state index in [4.69, 9.17) is 0 Å². The molecule has 0 spiro atoms. The summed E-state index contributed by atoms with van der Waals surface area (Å²) >= 11 is 0. The van der Waals surface area contributed by atoms with E-state index in [-0.39, 0.29) is 50.7 Å². The third-order valence-electron chi connectivity index (χ3n) is 7.17. The third-order valence-corrected chi connectivity index (χ3v) is 8.06. The molecule has 0 bridgehead atoms. The Balaban J connectivity index is 1.38. The minimum atomic E-state index is -4.77. The maximum absolute atomic E-state index is 13.6. The van der Waals surface area contributed by atoms with E-state index in [9.17, 15) is 32.1 Å². The van der Waals surface area contributed by atoms with Gasteiger partial charge in [-0.15, -0.1) is 0 Å². The zero-order valence-electron chi connectivity index (χ0n) is 19.2. The number of carbonyl (C=O) groups excluding carboxylic acids is 4. The summed E-state index contributed by atoms with van der Waals surface area (Å²) in [5.74, 6) is -1.93. The molecule has 1 atom stereocenters. The van der Waals surface area contributed by atoms with Gasteiger partial charge < -0.3 is 5.32 Å². The van der Waals surface area contributed by atoms with E-state index < -0.39 is 32.6 Å². The average Bonchev–Trinajstić information content (AvgIpc) is 2.91. The Morgan fingerprint density at radius 3 is 2.11 bits per heavy atom. The van der Waals surface area contributed by atoms with Crippen LogP contribution in [0.3, 0.4) is 0 Å². The summed E-state index contributed by atoms with van der Waals surface area (Å²) in [7, 11) is -4.77. The second-order valence-corrected chi connectivity index (χ2v) is 10.6. The first-order valence-electron chi connectivity index (χ1n) is 11.5. The van der Waals surface area contributed by atoms with Crippen LogP contribution < -0.4 is 5.32 Å². The standard InChI is InChI=1S/C28H14N2O7S/c31-25-12-4-1-2-5-13(12)26(32)21-15(25)8-10-17-23(21)29-18-11-9-16-22(24(18)30-17)28(34)14-6-3-7-19(38(35,36)37)20(14)27(16)33/h1-11,23,29H,(H,35,36,37). The van der Waals surface area contributed by atoms with Gasteiger partial charge in [-0.2, -0.15) is 8.42 Å². The van der Waals surface area contributed by atoms with E-state index in [0.717, 1.165) is 6.07 Å². The minimum absolute atomic E-state index is 0.0180. The molecule has 3 aromatic rings. The quantitative estimate of drug-likeness (QED) is 0.361. The second-order valence-electron chi connectivity index (χ2n) is 9.17. The van der Waals surface area contributed by atoms with E-state index in [2.05, 4.69) is 10.3 Å². The SMILES string of the molecule is O=C1C2=C(C(=O)c3ccccc31)C1Nc3ccc4c(c3N=C1C=C2)C(=O)c1cccc(S(=O)(=O)O)c1C4=O. The Morgan fingerprint density at radius 1 is 0.711 bits per heavy atom. The van der Waals surface area contributed by atoms with Crippen LogP contribution in [0.1, 0.15) is 52.6 Å². The fourth-order valence-corrected chi connectivity index (χ4v) is 6.20. The zero-order chi connectivity index (χ0) is 26.5. The number of carbonyl (C=O) groups is 4. The number of fused-ring (bicyclic) bond motifs is 7. The van der Waals surface area contributed by atoms with Crippen molar-refractivity contribution in [2.24, 2.45) is 4.99 Å². The summed E-state index contributed by atoms with van der Waals surface area (Å²) < 4.78 is 33.4. The van der Waals surface area contributed by atoms with Crippen LogP contribution >= 0.6 is 0 Å². The third kappa shape index (κ3) is 2.83. The predicted molar refractivity (Wildman–Crippen MR) is 135 cm³/mol. The molecule has 4 aliphatic rings. The van der Waals surface area contributed by atoms with Gasteiger partial charge in [-0.3, -0.25) is 23.7 Å². The number of nitrogens with one attached hydrogen (secondary N) is 1. The van der Waals surface area contributed by atoms with Gasteiger partial charge in [0, 0.05) is 33.4 Å². The molecule has 10 heteroatoms. The fraction of sp³-hybridized carbons (Fsp3) is 0.0357. The largest absolute Gasteiger partial charge is 0.371 e. The van der Waals surface area contributed by atoms with Gasteiger partial charge in [0.05, 0.1) is 34.3 Å². The van der Waals surface area contributed by atoms with Crippen molar-refractivity contribution in [2.45, 2.75) is 10.9 Å². The van der Waals surface area contributed by atoms with Crippen molar-refractivity contribution in [2.75, 3.05) is 5.32 Å². The molecule has 9 nitrogen and oxygen atoms in total. The van der Waals surface area contributed by atoms with Crippen LogP contribution in [0.4, 0.5) is 11.4 Å². The molecule has 0 aromatic heterocycles. The highest BCUT2D eigenvalue weighted by Crippen LogP contribution is 2.44. The lowest BCUT2D eigenvalue weighted by Crippen LogP contribution is -2.41. The summed E-state index contributed by atoms with van der Waals surface area (Å²) in [6.07, 6.45) is 3.13. The van der Waals surface area contributed by atoms with E-state index in [1.165, 1.54) is 30.3 Å². The second kappa shape index (κ2) is 7.37. The van der Waals surface area contributed by atoms with Gasteiger partial charge in [-0.05, 0) is 30.4 Å². The van der Waals surface area contributed by atoms with Gasteiger partial charge in [-0.25, -0.2) is 4.99 Å². The molecule has 3 aliphatic carbocycles. The lowest BCUT2D eigenvalue weighted by molar-refractivity contribution is 0.0975. The molecule has 38 heavy (non-hydrogen) atoms. The highest BCUT2D eigenvalue weighted by Gasteiger charge is 2.42. The average molecular weight is 522 g/mol. The van der Waals surface area contributed by atoms with Gasteiger partial charge in [0.1, 0.15) is 4.90 Å². The highest BCUT2D eigenvalue weighted by molar-refractivity contribution is 7.86. The maximum atomic E-state index is 13.6. The Kier molecular flexibility index (Phi) is 4.35. The summed E-state index contributed by atoms with van der Waals surface area (Å²) in [5, 5.41) is 3.21. The monoisotopic (exact) mass is 522 g/mol. The van der Waals surface area contributed by atoms with Crippen LogP contribution in [0.2, 0.25) is 0 Å². The number of hydrogen-bond acceptors (Lipinski definition) is 8. The van der Waals surface area contributed by atoms with Crippen molar-refractivity contribution in [3.8, 4) is 0 Å². The van der Waals surface area contributed by atoms with Crippen LogP contribution in [0, 0.1) is 0 Å². The number of aliphatic imine (C=N–C) groups is 1. The molecule has 0 amide bonds. The molecular formula is C28H14N2O7S. The van der Waals surface area contributed by atoms with Gasteiger partial charge in [-0.1, -0.05) is 36.4 Å². The van der Waals surface area contributed by atoms with Crippen LogP contribution in [0.15, 0.2) is 87.8 Å². The maximum Gasteiger partial charge on any atom is 0.295 e. The van der Waals surface area contributed by atoms with Gasteiger partial charge >= 0.3 is 0 Å². The molecule has 0 saturated carbocycles. The molecule has 7 rings (SSSR count). The Bertz CT molecular complexity index is 1950. The van der Waals surface area contributed by atoms with Crippen molar-refractivity contribution in [1.82, 2.24) is 0 Å². The molecule has 0 fully saturated rings. The summed E-state index contributed by atoms with van der Waals surface area (Å²) in [4.78, 5) is 57.5. The highest BCUT2D eigenvalue weighted by atomic mass is 32.2. The molecule has 3 aromatic carbocycles. The van der Waals surface area contributed by atoms with Crippen molar-refractivity contribution in [1.29, 1.82) is 0 Å². The molecule has 0 radical (unpaired) electrons. The number of nitrogens with zero attached hydrogens (tertiary/aromatic N) is 1. The van der Waals surface area contributed by atoms with Crippen molar-refractivity contribution in [3.05, 3.63) is 111 Å². The van der Waals surface area contributed by atoms with E-state index in [1.54, 1.807) is 30.3 Å². The van der Waals surface area contributed by atoms with Crippen LogP contribution in [-0.2, 0) is 10.1 Å². The van der Waals surface area contributed by atoms with Crippen molar-refractivity contribution < 1.29 is 32.1 Å². The minimum Gasteiger partial charge on any atom is -0.371 e. The van der Waals surface area contributed by atoms with Gasteiger partial charge in [0.15, 0.2) is 23.1 Å². The summed E-state index contributed by atoms with van der Waals surface area (Å²) in [6, 6.07) is 12.4. The van der Waals surface area contributed by atoms with Gasteiger partial charge in [0.25, 0.3) is 10.1 Å². The Hall–Kier alpha value is -4.80. The first-order valence-corrected chi connectivity index (χ1v) is 12.9. The Labute approximate surface area is 215 Å². The normalized spacial score (nSPS) is 19.0. The lowest BCUT2D eigenvalue weighted by atomic mass is 9.76. The molecule has 184 valence electrons. The first-order chi connectivity index (χ1) is 18.2. The number of rotatable bonds is 1. The van der Waals surface area contributed by atoms with Crippen molar-refractivity contribution in [3.63, 3.8) is 0 Å². The summed E-state index contributed by atoms with van der Waals surface area (Å²) in [6.45, 7) is 0. The molecule has 0 saturated heterocycles. The van der Waals surface area contributed by atoms with Crippen LogP contribution in [0.25, 0.3) is 0 Å². The molecule has 2 N–H and O–H groups in total. The number of benzene rings is 3. The Morgan fingerprint density at radius 2 is 1.37 bits per heavy atom. The lowest BCUT2D eigenvalue weighted by Gasteiger charge is -2.34. The van der Waals surface area contributed by atoms with Crippen molar-refractivity contribution >= 4 is 50.3 Å². The molecular weight excluding hydrogens is 508 g/mol.